The lowest BCUT2D eigenvalue weighted by atomic mass is 9.88. The molecule has 0 amide bonds. The molecule has 0 bridgehead atoms. The molecule has 0 N–H and O–H groups in total. The van der Waals surface area contributed by atoms with Crippen molar-refractivity contribution >= 4 is 31.9 Å². The van der Waals surface area contributed by atoms with Crippen LogP contribution >= 0.6 is 31.9 Å². The first-order valence-corrected chi connectivity index (χ1v) is 8.10. The van der Waals surface area contributed by atoms with Gasteiger partial charge in [0.25, 0.3) is 0 Å². The summed E-state index contributed by atoms with van der Waals surface area (Å²) >= 11 is 7.35. The Morgan fingerprint density at radius 1 is 1.28 bits per heavy atom. The SMILES string of the molecule is CCCOc1ccc(C(Br)CC(C)(C)C)cc1Br. The standard InChI is InChI=1S/C15H22Br2O/c1-5-8-18-14-7-6-11(9-12(14)16)13(17)10-15(2,3)4/h6-7,9,13H,5,8,10H2,1-4H3. The summed E-state index contributed by atoms with van der Waals surface area (Å²) in [4.78, 5) is 0.383. The Labute approximate surface area is 128 Å². The molecule has 0 radical (unpaired) electrons. The van der Waals surface area contributed by atoms with E-state index in [1.54, 1.807) is 0 Å². The Morgan fingerprint density at radius 3 is 2.44 bits per heavy atom. The Balaban J connectivity index is 2.77. The van der Waals surface area contributed by atoms with Crippen molar-refractivity contribution in [2.75, 3.05) is 6.61 Å². The van der Waals surface area contributed by atoms with Crippen LogP contribution in [0.5, 0.6) is 5.75 Å². The highest BCUT2D eigenvalue weighted by Crippen LogP contribution is 2.38. The maximum atomic E-state index is 5.66. The maximum Gasteiger partial charge on any atom is 0.133 e. The fourth-order valence-corrected chi connectivity index (χ4v) is 3.46. The van der Waals surface area contributed by atoms with E-state index < -0.39 is 0 Å². The predicted molar refractivity (Wildman–Crippen MR) is 85.7 cm³/mol. The minimum atomic E-state index is 0.317. The summed E-state index contributed by atoms with van der Waals surface area (Å²) in [5.41, 5.74) is 1.61. The molecule has 1 atom stereocenters. The Bertz CT molecular complexity index is 383. The van der Waals surface area contributed by atoms with Crippen molar-refractivity contribution in [1.29, 1.82) is 0 Å². The van der Waals surface area contributed by atoms with Crippen molar-refractivity contribution in [3.05, 3.63) is 28.2 Å². The molecule has 0 aromatic heterocycles. The molecule has 1 rings (SSSR count). The van der Waals surface area contributed by atoms with Crippen LogP contribution in [-0.4, -0.2) is 6.61 Å². The number of hydrogen-bond acceptors (Lipinski definition) is 1. The molecular weight excluding hydrogens is 356 g/mol. The largest absolute Gasteiger partial charge is 0.492 e. The number of benzene rings is 1. The van der Waals surface area contributed by atoms with Gasteiger partial charge in [-0.1, -0.05) is 49.7 Å². The van der Waals surface area contributed by atoms with E-state index in [4.69, 9.17) is 4.74 Å². The van der Waals surface area contributed by atoms with Crippen molar-refractivity contribution in [3.8, 4) is 5.75 Å². The van der Waals surface area contributed by atoms with E-state index in [-0.39, 0.29) is 0 Å². The molecule has 0 spiro atoms. The van der Waals surface area contributed by atoms with Crippen LogP contribution in [0.25, 0.3) is 0 Å². The summed E-state index contributed by atoms with van der Waals surface area (Å²) in [6.45, 7) is 9.65. The van der Waals surface area contributed by atoms with E-state index in [0.29, 0.717) is 10.2 Å². The molecule has 0 aliphatic carbocycles. The van der Waals surface area contributed by atoms with Crippen LogP contribution in [-0.2, 0) is 0 Å². The highest BCUT2D eigenvalue weighted by atomic mass is 79.9. The Morgan fingerprint density at radius 2 is 1.94 bits per heavy atom. The minimum Gasteiger partial charge on any atom is -0.492 e. The number of rotatable bonds is 5. The molecular formula is C15H22Br2O. The van der Waals surface area contributed by atoms with E-state index in [0.717, 1.165) is 29.7 Å². The molecule has 102 valence electrons. The molecule has 0 aliphatic heterocycles. The number of hydrogen-bond donors (Lipinski definition) is 0. The first-order valence-electron chi connectivity index (χ1n) is 6.40. The average Bonchev–Trinajstić information content (AvgIpc) is 2.25. The molecule has 1 aromatic carbocycles. The highest BCUT2D eigenvalue weighted by molar-refractivity contribution is 9.10. The molecule has 0 aliphatic rings. The van der Waals surface area contributed by atoms with Crippen molar-refractivity contribution in [2.24, 2.45) is 5.41 Å². The van der Waals surface area contributed by atoms with E-state index in [2.05, 4.69) is 71.7 Å². The lowest BCUT2D eigenvalue weighted by molar-refractivity contribution is 0.315. The van der Waals surface area contributed by atoms with Gasteiger partial charge in [-0.15, -0.1) is 0 Å². The van der Waals surface area contributed by atoms with Crippen LogP contribution in [0.2, 0.25) is 0 Å². The van der Waals surface area contributed by atoms with Crippen LogP contribution in [0.4, 0.5) is 0 Å². The van der Waals surface area contributed by atoms with Crippen LogP contribution in [0.1, 0.15) is 50.9 Å². The Hall–Kier alpha value is -0.0200. The summed E-state index contributed by atoms with van der Waals surface area (Å²) in [7, 11) is 0. The lowest BCUT2D eigenvalue weighted by Gasteiger charge is -2.22. The summed E-state index contributed by atoms with van der Waals surface area (Å²) in [6.07, 6.45) is 2.13. The van der Waals surface area contributed by atoms with Gasteiger partial charge in [0.05, 0.1) is 11.1 Å². The van der Waals surface area contributed by atoms with E-state index in [1.165, 1.54) is 5.56 Å². The van der Waals surface area contributed by atoms with Gasteiger partial charge in [-0.2, -0.15) is 0 Å². The summed E-state index contributed by atoms with van der Waals surface area (Å²) in [5.74, 6) is 0.927. The second-order valence-electron chi connectivity index (χ2n) is 5.77. The van der Waals surface area contributed by atoms with Crippen molar-refractivity contribution in [3.63, 3.8) is 0 Å². The third-order valence-electron chi connectivity index (χ3n) is 2.57. The van der Waals surface area contributed by atoms with Gasteiger partial charge < -0.3 is 4.74 Å². The zero-order valence-electron chi connectivity index (χ0n) is 11.6. The summed E-state index contributed by atoms with van der Waals surface area (Å²) in [5, 5.41) is 0. The molecule has 1 unspecified atom stereocenters. The second-order valence-corrected chi connectivity index (χ2v) is 7.73. The van der Waals surface area contributed by atoms with Gasteiger partial charge >= 0.3 is 0 Å². The highest BCUT2D eigenvalue weighted by Gasteiger charge is 2.18. The summed E-state index contributed by atoms with van der Waals surface area (Å²) < 4.78 is 6.69. The zero-order chi connectivity index (χ0) is 13.8. The smallest absolute Gasteiger partial charge is 0.133 e. The topological polar surface area (TPSA) is 9.23 Å². The van der Waals surface area contributed by atoms with Crippen molar-refractivity contribution in [2.45, 2.75) is 45.4 Å². The first kappa shape index (κ1) is 16.0. The van der Waals surface area contributed by atoms with Gasteiger partial charge in [0.1, 0.15) is 5.75 Å². The predicted octanol–water partition coefficient (Wildman–Crippen LogP) is 6.11. The van der Waals surface area contributed by atoms with Crippen molar-refractivity contribution < 1.29 is 4.74 Å². The van der Waals surface area contributed by atoms with Gasteiger partial charge in [0.15, 0.2) is 0 Å². The number of halogens is 2. The third-order valence-corrected chi connectivity index (χ3v) is 4.04. The van der Waals surface area contributed by atoms with Gasteiger partial charge in [-0.25, -0.2) is 0 Å². The van der Waals surface area contributed by atoms with E-state index in [1.807, 2.05) is 6.07 Å². The number of ether oxygens (including phenoxy) is 1. The van der Waals surface area contributed by atoms with Crippen LogP contribution in [0, 0.1) is 5.41 Å². The minimum absolute atomic E-state index is 0.317. The fourth-order valence-electron chi connectivity index (χ4n) is 1.70. The third kappa shape index (κ3) is 5.31. The molecule has 0 saturated heterocycles. The van der Waals surface area contributed by atoms with Crippen LogP contribution in [0.3, 0.4) is 0 Å². The molecule has 0 saturated carbocycles. The van der Waals surface area contributed by atoms with E-state index in [9.17, 15) is 0 Å². The zero-order valence-corrected chi connectivity index (χ0v) is 14.8. The van der Waals surface area contributed by atoms with Crippen LogP contribution < -0.4 is 4.74 Å². The van der Waals surface area contributed by atoms with E-state index >= 15 is 0 Å². The molecule has 0 heterocycles. The molecule has 18 heavy (non-hydrogen) atoms. The quantitative estimate of drug-likeness (QED) is 0.562. The van der Waals surface area contributed by atoms with Crippen molar-refractivity contribution in [1.82, 2.24) is 0 Å². The van der Waals surface area contributed by atoms with Gasteiger partial charge in [0, 0.05) is 4.83 Å². The summed E-state index contributed by atoms with van der Waals surface area (Å²) in [6, 6.07) is 6.34. The molecule has 0 fully saturated rings. The average molecular weight is 378 g/mol. The lowest BCUT2D eigenvalue weighted by Crippen LogP contribution is -2.08. The molecule has 3 heteroatoms. The fraction of sp³-hybridized carbons (Fsp3) is 0.600. The Kier molecular flexibility index (Phi) is 6.19. The van der Waals surface area contributed by atoms with Gasteiger partial charge in [-0.05, 0) is 51.9 Å². The second kappa shape index (κ2) is 6.95. The van der Waals surface area contributed by atoms with Crippen LogP contribution in [0.15, 0.2) is 22.7 Å². The number of alkyl halides is 1. The molecule has 1 nitrogen and oxygen atoms in total. The van der Waals surface area contributed by atoms with Gasteiger partial charge in [0.2, 0.25) is 0 Å². The monoisotopic (exact) mass is 376 g/mol. The normalized spacial score (nSPS) is 13.4. The molecule has 1 aromatic rings. The van der Waals surface area contributed by atoms with Gasteiger partial charge in [-0.3, -0.25) is 0 Å². The first-order chi connectivity index (χ1) is 8.33. The maximum absolute atomic E-state index is 5.66.